The zero-order chi connectivity index (χ0) is 16.8. The van der Waals surface area contributed by atoms with E-state index < -0.39 is 12.1 Å². The SMILES string of the molecule is O=C(COc1ccccc1)NC1COC(CN2CCOCC2)C1O. The van der Waals surface area contributed by atoms with E-state index >= 15 is 0 Å². The highest BCUT2D eigenvalue weighted by Crippen LogP contribution is 2.16. The Morgan fingerprint density at radius 2 is 2.04 bits per heavy atom. The van der Waals surface area contributed by atoms with Crippen LogP contribution in [0.5, 0.6) is 5.75 Å². The third-order valence-corrected chi connectivity index (χ3v) is 4.28. The molecule has 132 valence electrons. The number of rotatable bonds is 6. The van der Waals surface area contributed by atoms with Crippen molar-refractivity contribution in [2.45, 2.75) is 18.2 Å². The fraction of sp³-hybridized carbons (Fsp3) is 0.588. The van der Waals surface area contributed by atoms with Gasteiger partial charge in [0.15, 0.2) is 6.61 Å². The van der Waals surface area contributed by atoms with Crippen LogP contribution in [0, 0.1) is 0 Å². The molecule has 3 unspecified atom stereocenters. The van der Waals surface area contributed by atoms with Gasteiger partial charge in [-0.1, -0.05) is 18.2 Å². The van der Waals surface area contributed by atoms with E-state index in [1.807, 2.05) is 18.2 Å². The lowest BCUT2D eigenvalue weighted by molar-refractivity contribution is -0.124. The monoisotopic (exact) mass is 336 g/mol. The molecule has 1 amide bonds. The van der Waals surface area contributed by atoms with Crippen LogP contribution in [0.25, 0.3) is 0 Å². The van der Waals surface area contributed by atoms with Crippen molar-refractivity contribution in [1.29, 1.82) is 0 Å². The van der Waals surface area contributed by atoms with Gasteiger partial charge in [0.2, 0.25) is 0 Å². The van der Waals surface area contributed by atoms with Crippen LogP contribution in [0.15, 0.2) is 30.3 Å². The van der Waals surface area contributed by atoms with E-state index in [0.717, 1.165) is 13.1 Å². The van der Waals surface area contributed by atoms with E-state index in [-0.39, 0.29) is 18.6 Å². The van der Waals surface area contributed by atoms with Gasteiger partial charge < -0.3 is 24.6 Å². The Morgan fingerprint density at radius 1 is 1.29 bits per heavy atom. The topological polar surface area (TPSA) is 80.3 Å². The molecule has 1 aromatic carbocycles. The molecule has 0 saturated carbocycles. The molecule has 0 spiro atoms. The van der Waals surface area contributed by atoms with Gasteiger partial charge >= 0.3 is 0 Å². The van der Waals surface area contributed by atoms with Gasteiger partial charge in [-0.05, 0) is 12.1 Å². The molecular weight excluding hydrogens is 312 g/mol. The molecule has 2 heterocycles. The van der Waals surface area contributed by atoms with Crippen molar-refractivity contribution in [1.82, 2.24) is 10.2 Å². The molecule has 2 aliphatic heterocycles. The van der Waals surface area contributed by atoms with Crippen molar-refractivity contribution in [3.05, 3.63) is 30.3 Å². The first-order valence-electron chi connectivity index (χ1n) is 8.29. The van der Waals surface area contributed by atoms with Crippen molar-refractivity contribution in [3.63, 3.8) is 0 Å². The molecule has 0 radical (unpaired) electrons. The van der Waals surface area contributed by atoms with E-state index in [1.165, 1.54) is 0 Å². The number of carbonyl (C=O) groups is 1. The summed E-state index contributed by atoms with van der Waals surface area (Å²) in [4.78, 5) is 14.2. The Morgan fingerprint density at radius 3 is 2.79 bits per heavy atom. The summed E-state index contributed by atoms with van der Waals surface area (Å²) in [6.45, 7) is 3.98. The van der Waals surface area contributed by atoms with Crippen LogP contribution in [0.3, 0.4) is 0 Å². The number of nitrogens with zero attached hydrogens (tertiary/aromatic N) is 1. The minimum atomic E-state index is -0.714. The average Bonchev–Trinajstić information content (AvgIpc) is 2.95. The second-order valence-electron chi connectivity index (χ2n) is 6.05. The first-order chi connectivity index (χ1) is 11.7. The van der Waals surface area contributed by atoms with Crippen LogP contribution in [-0.2, 0) is 14.3 Å². The van der Waals surface area contributed by atoms with Crippen molar-refractivity contribution in [2.24, 2.45) is 0 Å². The maximum atomic E-state index is 12.0. The highest BCUT2D eigenvalue weighted by atomic mass is 16.5. The van der Waals surface area contributed by atoms with Crippen molar-refractivity contribution in [3.8, 4) is 5.75 Å². The first-order valence-corrected chi connectivity index (χ1v) is 8.29. The number of morpholine rings is 1. The standard InChI is InChI=1S/C17H24N2O5/c20-16(12-23-13-4-2-1-3-5-13)18-14-11-24-15(17(14)21)10-19-6-8-22-9-7-19/h1-5,14-15,17,21H,6-12H2,(H,18,20). The Labute approximate surface area is 141 Å². The predicted octanol–water partition coefficient (Wildman–Crippen LogP) is -0.358. The van der Waals surface area contributed by atoms with Crippen LogP contribution >= 0.6 is 0 Å². The number of amides is 1. The molecule has 2 N–H and O–H groups in total. The van der Waals surface area contributed by atoms with Crippen molar-refractivity contribution < 1.29 is 24.1 Å². The molecule has 1 aromatic rings. The second kappa shape index (κ2) is 8.43. The number of benzene rings is 1. The fourth-order valence-corrected chi connectivity index (χ4v) is 2.92. The second-order valence-corrected chi connectivity index (χ2v) is 6.05. The molecule has 3 rings (SSSR count). The molecule has 7 heteroatoms. The maximum absolute atomic E-state index is 12.0. The Bertz CT molecular complexity index is 521. The zero-order valence-corrected chi connectivity index (χ0v) is 13.6. The van der Waals surface area contributed by atoms with Crippen LogP contribution in [0.4, 0.5) is 0 Å². The number of aliphatic hydroxyl groups excluding tert-OH is 1. The number of nitrogens with one attached hydrogen (secondary N) is 1. The van der Waals surface area contributed by atoms with E-state index in [4.69, 9.17) is 14.2 Å². The zero-order valence-electron chi connectivity index (χ0n) is 13.6. The van der Waals surface area contributed by atoms with Gasteiger partial charge in [-0.25, -0.2) is 0 Å². The summed E-state index contributed by atoms with van der Waals surface area (Å²) in [5.41, 5.74) is 0. The molecular formula is C17H24N2O5. The number of hydrogen-bond donors (Lipinski definition) is 2. The third kappa shape index (κ3) is 4.67. The summed E-state index contributed by atoms with van der Waals surface area (Å²) in [6.07, 6.45) is -1.00. The number of para-hydroxylation sites is 1. The average molecular weight is 336 g/mol. The fourth-order valence-electron chi connectivity index (χ4n) is 2.92. The largest absolute Gasteiger partial charge is 0.484 e. The molecule has 24 heavy (non-hydrogen) atoms. The van der Waals surface area contributed by atoms with Gasteiger partial charge in [-0.15, -0.1) is 0 Å². The van der Waals surface area contributed by atoms with Gasteiger partial charge in [0.1, 0.15) is 11.9 Å². The smallest absolute Gasteiger partial charge is 0.258 e. The van der Waals surface area contributed by atoms with E-state index in [1.54, 1.807) is 12.1 Å². The summed E-state index contributed by atoms with van der Waals surface area (Å²) in [7, 11) is 0. The number of ether oxygens (including phenoxy) is 3. The normalized spacial score (nSPS) is 27.8. The van der Waals surface area contributed by atoms with Crippen LogP contribution < -0.4 is 10.1 Å². The van der Waals surface area contributed by atoms with Gasteiger partial charge in [0, 0.05) is 19.6 Å². The minimum Gasteiger partial charge on any atom is -0.484 e. The summed E-state index contributed by atoms with van der Waals surface area (Å²) in [5, 5.41) is 13.2. The molecule has 0 aliphatic carbocycles. The third-order valence-electron chi connectivity index (χ3n) is 4.28. The Hall–Kier alpha value is -1.67. The Kier molecular flexibility index (Phi) is 6.03. The van der Waals surface area contributed by atoms with Gasteiger partial charge in [0.05, 0.1) is 32.0 Å². The molecule has 2 fully saturated rings. The van der Waals surface area contributed by atoms with Crippen LogP contribution in [0.1, 0.15) is 0 Å². The van der Waals surface area contributed by atoms with Gasteiger partial charge in [-0.3, -0.25) is 9.69 Å². The van der Waals surface area contributed by atoms with E-state index in [9.17, 15) is 9.90 Å². The van der Waals surface area contributed by atoms with Gasteiger partial charge in [-0.2, -0.15) is 0 Å². The van der Waals surface area contributed by atoms with E-state index in [2.05, 4.69) is 10.2 Å². The number of hydrogen-bond acceptors (Lipinski definition) is 6. The lowest BCUT2D eigenvalue weighted by atomic mass is 10.1. The highest BCUT2D eigenvalue weighted by molar-refractivity contribution is 5.78. The van der Waals surface area contributed by atoms with Crippen molar-refractivity contribution >= 4 is 5.91 Å². The summed E-state index contributed by atoms with van der Waals surface area (Å²) >= 11 is 0. The quantitative estimate of drug-likeness (QED) is 0.739. The minimum absolute atomic E-state index is 0.0820. The molecule has 0 bridgehead atoms. The summed E-state index contributed by atoms with van der Waals surface area (Å²) < 4.78 is 16.4. The molecule has 7 nitrogen and oxygen atoms in total. The number of carbonyl (C=O) groups excluding carboxylic acids is 1. The van der Waals surface area contributed by atoms with Gasteiger partial charge in [0.25, 0.3) is 5.91 Å². The van der Waals surface area contributed by atoms with Crippen molar-refractivity contribution in [2.75, 3.05) is 46.1 Å². The van der Waals surface area contributed by atoms with Crippen LogP contribution in [0.2, 0.25) is 0 Å². The predicted molar refractivity (Wildman–Crippen MR) is 86.9 cm³/mol. The lowest BCUT2D eigenvalue weighted by Gasteiger charge is -2.29. The molecule has 3 atom stereocenters. The Balaban J connectivity index is 1.41. The maximum Gasteiger partial charge on any atom is 0.258 e. The first kappa shape index (κ1) is 17.2. The molecule has 0 aromatic heterocycles. The summed E-state index contributed by atoms with van der Waals surface area (Å²) in [5.74, 6) is 0.375. The van der Waals surface area contributed by atoms with E-state index in [0.29, 0.717) is 32.1 Å². The summed E-state index contributed by atoms with van der Waals surface area (Å²) in [6, 6.07) is 8.75. The lowest BCUT2D eigenvalue weighted by Crippen LogP contribution is -2.49. The molecule has 2 saturated heterocycles. The van der Waals surface area contributed by atoms with Crippen LogP contribution in [-0.4, -0.2) is 80.2 Å². The molecule has 2 aliphatic rings. The highest BCUT2D eigenvalue weighted by Gasteiger charge is 2.37. The number of aliphatic hydroxyl groups is 1.